The van der Waals surface area contributed by atoms with Gasteiger partial charge in [-0.25, -0.2) is 13.2 Å². The maximum Gasteiger partial charge on any atom is 0.194 e. The molecule has 0 unspecified atom stereocenters. The van der Waals surface area contributed by atoms with Gasteiger partial charge in [-0.2, -0.15) is 0 Å². The summed E-state index contributed by atoms with van der Waals surface area (Å²) in [5, 5.41) is 3.26. The SMILES string of the molecule is CCNC1CC(c2cc(F)c(F)c(F)c2)C1. The first-order valence-electron chi connectivity index (χ1n) is 5.49. The second-order valence-electron chi connectivity index (χ2n) is 4.22. The second kappa shape index (κ2) is 4.45. The standard InChI is InChI=1S/C12H14F3N/c1-2-16-9-3-7(4-9)8-5-10(13)12(15)11(14)6-8/h5-7,9,16H,2-4H2,1H3. The summed E-state index contributed by atoms with van der Waals surface area (Å²) in [6.07, 6.45) is 1.72. The van der Waals surface area contributed by atoms with Gasteiger partial charge in [0.1, 0.15) is 0 Å². The number of halogens is 3. The zero-order valence-electron chi connectivity index (χ0n) is 9.06. The van der Waals surface area contributed by atoms with Crippen LogP contribution in [-0.4, -0.2) is 12.6 Å². The first-order chi connectivity index (χ1) is 7.61. The average molecular weight is 229 g/mol. The Morgan fingerprint density at radius 1 is 1.19 bits per heavy atom. The van der Waals surface area contributed by atoms with Crippen molar-refractivity contribution in [2.75, 3.05) is 6.54 Å². The summed E-state index contributed by atoms with van der Waals surface area (Å²) in [6.45, 7) is 2.91. The summed E-state index contributed by atoms with van der Waals surface area (Å²) in [6, 6.07) is 2.63. The highest BCUT2D eigenvalue weighted by atomic mass is 19.2. The third kappa shape index (κ3) is 2.07. The largest absolute Gasteiger partial charge is 0.314 e. The molecule has 1 aliphatic carbocycles. The normalized spacial score (nSPS) is 24.2. The summed E-state index contributed by atoms with van der Waals surface area (Å²) in [4.78, 5) is 0. The molecule has 1 aliphatic rings. The number of nitrogens with one attached hydrogen (secondary N) is 1. The Labute approximate surface area is 92.7 Å². The number of rotatable bonds is 3. The van der Waals surface area contributed by atoms with Gasteiger partial charge in [-0.05, 0) is 43.0 Å². The minimum absolute atomic E-state index is 0.147. The molecule has 0 aliphatic heterocycles. The van der Waals surface area contributed by atoms with Crippen molar-refractivity contribution in [1.82, 2.24) is 5.32 Å². The van der Waals surface area contributed by atoms with E-state index in [1.54, 1.807) is 0 Å². The van der Waals surface area contributed by atoms with Gasteiger partial charge in [0.25, 0.3) is 0 Å². The lowest BCUT2D eigenvalue weighted by atomic mass is 9.76. The lowest BCUT2D eigenvalue weighted by molar-refractivity contribution is 0.293. The van der Waals surface area contributed by atoms with Gasteiger partial charge in [0.2, 0.25) is 0 Å². The van der Waals surface area contributed by atoms with Crippen molar-refractivity contribution in [3.63, 3.8) is 0 Å². The molecule has 0 radical (unpaired) electrons. The van der Waals surface area contributed by atoms with Gasteiger partial charge in [0, 0.05) is 6.04 Å². The van der Waals surface area contributed by atoms with Crippen molar-refractivity contribution in [3.8, 4) is 0 Å². The monoisotopic (exact) mass is 229 g/mol. The van der Waals surface area contributed by atoms with Gasteiger partial charge >= 0.3 is 0 Å². The predicted octanol–water partition coefficient (Wildman–Crippen LogP) is 2.96. The van der Waals surface area contributed by atoms with Crippen LogP contribution in [0.4, 0.5) is 13.2 Å². The van der Waals surface area contributed by atoms with Crippen LogP contribution in [0.3, 0.4) is 0 Å². The summed E-state index contributed by atoms with van der Waals surface area (Å²) < 4.78 is 38.7. The fraction of sp³-hybridized carbons (Fsp3) is 0.500. The van der Waals surface area contributed by atoms with Crippen LogP contribution in [0.25, 0.3) is 0 Å². The molecule has 4 heteroatoms. The molecule has 1 aromatic carbocycles. The van der Waals surface area contributed by atoms with Crippen molar-refractivity contribution in [1.29, 1.82) is 0 Å². The highest BCUT2D eigenvalue weighted by molar-refractivity contribution is 5.25. The molecule has 0 spiro atoms. The Balaban J connectivity index is 2.07. The summed E-state index contributed by atoms with van der Waals surface area (Å²) in [5.74, 6) is -3.43. The van der Waals surface area contributed by atoms with Gasteiger partial charge in [-0.15, -0.1) is 0 Å². The van der Waals surface area contributed by atoms with E-state index in [4.69, 9.17) is 0 Å². The molecule has 0 aromatic heterocycles. The number of hydrogen-bond donors (Lipinski definition) is 1. The Hall–Kier alpha value is -1.03. The Kier molecular flexibility index (Phi) is 3.19. The highest BCUT2D eigenvalue weighted by Gasteiger charge is 2.30. The Morgan fingerprint density at radius 3 is 2.25 bits per heavy atom. The smallest absolute Gasteiger partial charge is 0.194 e. The van der Waals surface area contributed by atoms with E-state index in [0.29, 0.717) is 11.6 Å². The maximum atomic E-state index is 13.0. The average Bonchev–Trinajstić information content (AvgIpc) is 2.18. The summed E-state index contributed by atoms with van der Waals surface area (Å²) in [5.41, 5.74) is 0.561. The molecule has 1 aromatic rings. The fourth-order valence-electron chi connectivity index (χ4n) is 2.16. The number of benzene rings is 1. The maximum absolute atomic E-state index is 13.0. The molecular weight excluding hydrogens is 215 g/mol. The molecule has 1 N–H and O–H groups in total. The summed E-state index contributed by atoms with van der Waals surface area (Å²) in [7, 11) is 0. The van der Waals surface area contributed by atoms with Crippen LogP contribution in [0.2, 0.25) is 0 Å². The van der Waals surface area contributed by atoms with E-state index in [9.17, 15) is 13.2 Å². The predicted molar refractivity (Wildman–Crippen MR) is 55.8 cm³/mol. The molecule has 1 nitrogen and oxygen atoms in total. The lowest BCUT2D eigenvalue weighted by Crippen LogP contribution is -2.39. The topological polar surface area (TPSA) is 12.0 Å². The summed E-state index contributed by atoms with van der Waals surface area (Å²) >= 11 is 0. The molecule has 1 saturated carbocycles. The Morgan fingerprint density at radius 2 is 1.75 bits per heavy atom. The van der Waals surface area contributed by atoms with E-state index in [-0.39, 0.29) is 5.92 Å². The fourth-order valence-corrected chi connectivity index (χ4v) is 2.16. The molecule has 0 amide bonds. The second-order valence-corrected chi connectivity index (χ2v) is 4.22. The van der Waals surface area contributed by atoms with E-state index < -0.39 is 17.5 Å². The van der Waals surface area contributed by atoms with E-state index in [1.165, 1.54) is 0 Å². The van der Waals surface area contributed by atoms with E-state index in [1.807, 2.05) is 6.92 Å². The third-order valence-electron chi connectivity index (χ3n) is 3.11. The van der Waals surface area contributed by atoms with Crippen molar-refractivity contribution < 1.29 is 13.2 Å². The van der Waals surface area contributed by atoms with Crippen LogP contribution in [0.1, 0.15) is 31.2 Å². The molecule has 0 saturated heterocycles. The molecule has 1 fully saturated rings. The molecular formula is C12H14F3N. The van der Waals surface area contributed by atoms with Crippen LogP contribution in [-0.2, 0) is 0 Å². The molecule has 16 heavy (non-hydrogen) atoms. The minimum atomic E-state index is -1.38. The van der Waals surface area contributed by atoms with Crippen LogP contribution >= 0.6 is 0 Å². The van der Waals surface area contributed by atoms with Gasteiger partial charge in [0.05, 0.1) is 0 Å². The quantitative estimate of drug-likeness (QED) is 0.786. The first-order valence-corrected chi connectivity index (χ1v) is 5.49. The zero-order chi connectivity index (χ0) is 11.7. The Bertz CT molecular complexity index is 363. The van der Waals surface area contributed by atoms with Crippen LogP contribution in [0.5, 0.6) is 0 Å². The minimum Gasteiger partial charge on any atom is -0.314 e. The third-order valence-corrected chi connectivity index (χ3v) is 3.11. The van der Waals surface area contributed by atoms with Gasteiger partial charge in [-0.3, -0.25) is 0 Å². The van der Waals surface area contributed by atoms with E-state index in [0.717, 1.165) is 31.5 Å². The van der Waals surface area contributed by atoms with Crippen LogP contribution in [0, 0.1) is 17.5 Å². The van der Waals surface area contributed by atoms with Crippen molar-refractivity contribution in [3.05, 3.63) is 35.1 Å². The molecule has 0 atom stereocenters. The lowest BCUT2D eigenvalue weighted by Gasteiger charge is -2.36. The van der Waals surface area contributed by atoms with E-state index >= 15 is 0 Å². The van der Waals surface area contributed by atoms with Gasteiger partial charge in [-0.1, -0.05) is 6.92 Å². The van der Waals surface area contributed by atoms with Crippen molar-refractivity contribution in [2.45, 2.75) is 31.7 Å². The molecule has 0 heterocycles. The number of hydrogen-bond acceptors (Lipinski definition) is 1. The van der Waals surface area contributed by atoms with Crippen molar-refractivity contribution in [2.24, 2.45) is 0 Å². The van der Waals surface area contributed by atoms with Crippen LogP contribution in [0.15, 0.2) is 12.1 Å². The molecule has 0 bridgehead atoms. The molecule has 2 rings (SSSR count). The van der Waals surface area contributed by atoms with Gasteiger partial charge < -0.3 is 5.32 Å². The highest BCUT2D eigenvalue weighted by Crippen LogP contribution is 2.37. The van der Waals surface area contributed by atoms with E-state index in [2.05, 4.69) is 5.32 Å². The molecule has 88 valence electrons. The van der Waals surface area contributed by atoms with Gasteiger partial charge in [0.15, 0.2) is 17.5 Å². The first kappa shape index (κ1) is 11.5. The van der Waals surface area contributed by atoms with Crippen LogP contribution < -0.4 is 5.32 Å². The van der Waals surface area contributed by atoms with Crippen molar-refractivity contribution >= 4 is 0 Å². The zero-order valence-corrected chi connectivity index (χ0v) is 9.06.